The lowest BCUT2D eigenvalue weighted by Gasteiger charge is -2.10. The number of non-ortho nitro benzene ring substituents is 1. The van der Waals surface area contributed by atoms with Gasteiger partial charge in [0, 0.05) is 34.4 Å². The molecule has 1 aromatic heterocycles. The molecule has 0 saturated heterocycles. The maximum Gasteiger partial charge on any atom is 0.270 e. The smallest absolute Gasteiger partial charge is 0.270 e. The third-order valence-electron chi connectivity index (χ3n) is 3.39. The van der Waals surface area contributed by atoms with Crippen LogP contribution in [0.1, 0.15) is 30.5 Å². The highest BCUT2D eigenvalue weighted by Gasteiger charge is 2.12. The highest BCUT2D eigenvalue weighted by Crippen LogP contribution is 2.24. The van der Waals surface area contributed by atoms with E-state index in [2.05, 4.69) is 33.3 Å². The minimum Gasteiger partial charge on any atom is -0.313 e. The maximum absolute atomic E-state index is 10.7. The molecule has 0 bridgehead atoms. The summed E-state index contributed by atoms with van der Waals surface area (Å²) in [5.41, 5.74) is 2.17. The Kier molecular flexibility index (Phi) is 5.08. The molecule has 1 atom stereocenters. The third kappa shape index (κ3) is 3.68. The number of aromatic nitrogens is 2. The van der Waals surface area contributed by atoms with Crippen LogP contribution in [0.5, 0.6) is 0 Å². The van der Waals surface area contributed by atoms with Crippen LogP contribution in [0.3, 0.4) is 0 Å². The second-order valence-electron chi connectivity index (χ2n) is 4.75. The Morgan fingerprint density at radius 1 is 1.52 bits per heavy atom. The van der Waals surface area contributed by atoms with E-state index in [0.717, 1.165) is 22.0 Å². The molecule has 0 aliphatic heterocycles. The van der Waals surface area contributed by atoms with Gasteiger partial charge in [-0.1, -0.05) is 22.9 Å². The minimum atomic E-state index is -0.403. The summed E-state index contributed by atoms with van der Waals surface area (Å²) in [5, 5.41) is 18.3. The van der Waals surface area contributed by atoms with E-state index in [1.54, 1.807) is 6.07 Å². The molecule has 1 unspecified atom stereocenters. The number of hydrogen-bond acceptors (Lipinski definition) is 4. The first-order valence-corrected chi connectivity index (χ1v) is 7.47. The summed E-state index contributed by atoms with van der Waals surface area (Å²) >= 11 is 3.38. The van der Waals surface area contributed by atoms with Crippen molar-refractivity contribution in [2.24, 2.45) is 0 Å². The second-order valence-corrected chi connectivity index (χ2v) is 5.61. The van der Waals surface area contributed by atoms with E-state index >= 15 is 0 Å². The average molecular weight is 353 g/mol. The average Bonchev–Trinajstić information content (AvgIpc) is 2.91. The Morgan fingerprint density at radius 2 is 2.29 bits per heavy atom. The van der Waals surface area contributed by atoms with Crippen molar-refractivity contribution in [1.82, 2.24) is 15.1 Å². The monoisotopic (exact) mass is 352 g/mol. The van der Waals surface area contributed by atoms with Crippen LogP contribution < -0.4 is 5.32 Å². The Labute approximate surface area is 131 Å². The van der Waals surface area contributed by atoms with Crippen LogP contribution in [0.25, 0.3) is 0 Å². The molecule has 7 heteroatoms. The molecule has 0 amide bonds. The van der Waals surface area contributed by atoms with Gasteiger partial charge < -0.3 is 5.32 Å². The molecule has 0 fully saturated rings. The first-order chi connectivity index (χ1) is 10.0. The summed E-state index contributed by atoms with van der Waals surface area (Å²) in [5.74, 6) is 0. The van der Waals surface area contributed by atoms with Gasteiger partial charge in [0.2, 0.25) is 0 Å². The summed E-state index contributed by atoms with van der Waals surface area (Å²) in [7, 11) is 1.93. The molecule has 2 aromatic rings. The number of halogens is 1. The van der Waals surface area contributed by atoms with Gasteiger partial charge in [-0.25, -0.2) is 0 Å². The highest BCUT2D eigenvalue weighted by atomic mass is 79.9. The van der Waals surface area contributed by atoms with E-state index in [1.165, 1.54) is 12.1 Å². The highest BCUT2D eigenvalue weighted by molar-refractivity contribution is 9.10. The van der Waals surface area contributed by atoms with Gasteiger partial charge in [-0.05, 0) is 25.1 Å². The van der Waals surface area contributed by atoms with Gasteiger partial charge in [0.25, 0.3) is 5.69 Å². The van der Waals surface area contributed by atoms with Crippen LogP contribution in [0.2, 0.25) is 0 Å². The maximum atomic E-state index is 10.7. The second kappa shape index (κ2) is 6.82. The summed E-state index contributed by atoms with van der Waals surface area (Å²) in [6, 6.07) is 5.06. The number of hydrogen-bond donors (Lipinski definition) is 1. The molecule has 6 nitrogen and oxygen atoms in total. The van der Waals surface area contributed by atoms with Crippen LogP contribution >= 0.6 is 15.9 Å². The minimum absolute atomic E-state index is 0.0769. The molecule has 1 N–H and O–H groups in total. The van der Waals surface area contributed by atoms with Crippen LogP contribution in [-0.4, -0.2) is 21.8 Å². The fourth-order valence-corrected chi connectivity index (χ4v) is 2.70. The van der Waals surface area contributed by atoms with E-state index < -0.39 is 4.92 Å². The Morgan fingerprint density at radius 3 is 2.86 bits per heavy atom. The lowest BCUT2D eigenvalue weighted by molar-refractivity contribution is -0.384. The quantitative estimate of drug-likeness (QED) is 0.639. The van der Waals surface area contributed by atoms with Gasteiger partial charge in [-0.3, -0.25) is 14.8 Å². The van der Waals surface area contributed by atoms with Gasteiger partial charge in [-0.2, -0.15) is 5.10 Å². The van der Waals surface area contributed by atoms with Crippen molar-refractivity contribution in [3.8, 4) is 0 Å². The molecule has 0 saturated carbocycles. The standard InChI is InChI=1S/C14H17BrN4O2/c1-3-14(16-2)11-7-17-18(9-11)8-10-4-5-12(19(20)21)6-13(10)15/h4-7,9,14,16H,3,8H2,1-2H3. The zero-order valence-electron chi connectivity index (χ0n) is 11.9. The zero-order valence-corrected chi connectivity index (χ0v) is 13.5. The van der Waals surface area contributed by atoms with Gasteiger partial charge in [-0.15, -0.1) is 0 Å². The van der Waals surface area contributed by atoms with E-state index in [9.17, 15) is 10.1 Å². The first kappa shape index (κ1) is 15.7. The van der Waals surface area contributed by atoms with Gasteiger partial charge in [0.15, 0.2) is 0 Å². The lowest BCUT2D eigenvalue weighted by Crippen LogP contribution is -2.14. The predicted molar refractivity (Wildman–Crippen MR) is 84.2 cm³/mol. The normalized spacial score (nSPS) is 12.3. The van der Waals surface area contributed by atoms with Crippen molar-refractivity contribution in [3.05, 3.63) is 56.3 Å². The summed E-state index contributed by atoms with van der Waals surface area (Å²) in [6.45, 7) is 2.68. The number of nitro groups is 1. The predicted octanol–water partition coefficient (Wildman–Crippen LogP) is 3.27. The van der Waals surface area contributed by atoms with Crippen molar-refractivity contribution < 1.29 is 4.92 Å². The first-order valence-electron chi connectivity index (χ1n) is 6.67. The zero-order chi connectivity index (χ0) is 15.4. The topological polar surface area (TPSA) is 73.0 Å². The molecular formula is C14H17BrN4O2. The molecule has 21 heavy (non-hydrogen) atoms. The van der Waals surface area contributed by atoms with E-state index in [4.69, 9.17) is 0 Å². The van der Waals surface area contributed by atoms with Crippen LogP contribution in [0.15, 0.2) is 35.1 Å². The molecule has 1 aromatic carbocycles. The van der Waals surface area contributed by atoms with Gasteiger partial charge in [0.05, 0.1) is 17.7 Å². The molecule has 2 rings (SSSR count). The number of rotatable bonds is 6. The molecule has 112 valence electrons. The van der Waals surface area contributed by atoms with Crippen molar-refractivity contribution >= 4 is 21.6 Å². The third-order valence-corrected chi connectivity index (χ3v) is 4.13. The Balaban J connectivity index is 2.17. The van der Waals surface area contributed by atoms with Crippen molar-refractivity contribution in [2.75, 3.05) is 7.05 Å². The molecule has 0 radical (unpaired) electrons. The Bertz CT molecular complexity index is 638. The van der Waals surface area contributed by atoms with Gasteiger partial charge >= 0.3 is 0 Å². The molecule has 1 heterocycles. The van der Waals surface area contributed by atoms with Gasteiger partial charge in [0.1, 0.15) is 0 Å². The largest absolute Gasteiger partial charge is 0.313 e. The van der Waals surface area contributed by atoms with E-state index in [0.29, 0.717) is 12.6 Å². The van der Waals surface area contributed by atoms with Crippen LogP contribution in [0, 0.1) is 10.1 Å². The number of nitrogens with one attached hydrogen (secondary N) is 1. The fourth-order valence-electron chi connectivity index (χ4n) is 2.21. The number of benzene rings is 1. The van der Waals surface area contributed by atoms with E-state index in [-0.39, 0.29) is 5.69 Å². The summed E-state index contributed by atoms with van der Waals surface area (Å²) in [6.07, 6.45) is 4.84. The molecular weight excluding hydrogens is 336 g/mol. The molecule has 0 spiro atoms. The Hall–Kier alpha value is -1.73. The van der Waals surface area contributed by atoms with Crippen LogP contribution in [-0.2, 0) is 6.54 Å². The summed E-state index contributed by atoms with van der Waals surface area (Å²) < 4.78 is 2.55. The SMILES string of the molecule is CCC(NC)c1cnn(Cc2ccc([N+](=O)[O-])cc2Br)c1. The lowest BCUT2D eigenvalue weighted by atomic mass is 10.1. The molecule has 0 aliphatic carbocycles. The summed E-state index contributed by atoms with van der Waals surface area (Å²) in [4.78, 5) is 10.3. The fraction of sp³-hybridized carbons (Fsp3) is 0.357. The van der Waals surface area contributed by atoms with Crippen molar-refractivity contribution in [3.63, 3.8) is 0 Å². The molecule has 0 aliphatic rings. The number of nitrogens with zero attached hydrogens (tertiary/aromatic N) is 3. The van der Waals surface area contributed by atoms with Crippen molar-refractivity contribution in [1.29, 1.82) is 0 Å². The number of nitro benzene ring substituents is 1. The van der Waals surface area contributed by atoms with E-state index in [1.807, 2.05) is 24.1 Å². The van der Waals surface area contributed by atoms with Crippen molar-refractivity contribution in [2.45, 2.75) is 25.9 Å². The van der Waals surface area contributed by atoms with Crippen LogP contribution in [0.4, 0.5) is 5.69 Å².